The fourth-order valence-electron chi connectivity index (χ4n) is 3.08. The number of carbonyl (C=O) groups is 2. The van der Waals surface area contributed by atoms with Gasteiger partial charge in [-0.3, -0.25) is 9.59 Å². The van der Waals surface area contributed by atoms with Gasteiger partial charge in [-0.25, -0.2) is 0 Å². The lowest BCUT2D eigenvalue weighted by molar-refractivity contribution is -0.137. The molecule has 0 aliphatic carbocycles. The maximum absolute atomic E-state index is 12.7. The molecule has 1 aliphatic rings. The van der Waals surface area contributed by atoms with Crippen molar-refractivity contribution in [3.8, 4) is 0 Å². The maximum Gasteiger partial charge on any atom is 0.416 e. The summed E-state index contributed by atoms with van der Waals surface area (Å²) in [6.45, 7) is 1.49. The average Bonchev–Trinajstić information content (AvgIpc) is 3.20. The Kier molecular flexibility index (Phi) is 5.53. The van der Waals surface area contributed by atoms with Gasteiger partial charge in [-0.2, -0.15) is 13.2 Å². The minimum absolute atomic E-state index is 0.0163. The highest BCUT2D eigenvalue weighted by molar-refractivity contribution is 5.94. The smallest absolute Gasteiger partial charge is 0.416 e. The molecule has 0 radical (unpaired) electrons. The monoisotopic (exact) mass is 380 g/mol. The largest absolute Gasteiger partial charge is 0.472 e. The van der Waals surface area contributed by atoms with E-state index in [1.54, 1.807) is 11.0 Å². The topological polar surface area (TPSA) is 62.6 Å². The molecule has 5 nitrogen and oxygen atoms in total. The Morgan fingerprint density at radius 3 is 2.52 bits per heavy atom. The molecule has 0 bridgehead atoms. The fourth-order valence-corrected chi connectivity index (χ4v) is 3.08. The number of amides is 2. The zero-order chi connectivity index (χ0) is 19.4. The number of furan rings is 1. The number of nitrogens with zero attached hydrogens (tertiary/aromatic N) is 1. The number of alkyl halides is 3. The summed E-state index contributed by atoms with van der Waals surface area (Å²) in [6, 6.07) is 5.98. The van der Waals surface area contributed by atoms with E-state index in [4.69, 9.17) is 4.42 Å². The molecule has 0 unspecified atom stereocenters. The summed E-state index contributed by atoms with van der Waals surface area (Å²) in [7, 11) is 0. The van der Waals surface area contributed by atoms with E-state index < -0.39 is 17.6 Å². The summed E-state index contributed by atoms with van der Waals surface area (Å²) < 4.78 is 43.1. The molecule has 1 aliphatic heterocycles. The normalized spacial score (nSPS) is 15.6. The SMILES string of the molecule is O=C(NCC1CCN(C(=O)c2ccoc2)CC1)c1cccc(C(F)(F)F)c1. The number of carbonyl (C=O) groups excluding carboxylic acids is 2. The van der Waals surface area contributed by atoms with Crippen LogP contribution in [-0.2, 0) is 6.18 Å². The van der Waals surface area contributed by atoms with Crippen molar-refractivity contribution in [1.82, 2.24) is 10.2 Å². The van der Waals surface area contributed by atoms with Crippen molar-refractivity contribution < 1.29 is 27.2 Å². The maximum atomic E-state index is 12.7. The third-order valence-electron chi connectivity index (χ3n) is 4.67. The molecular weight excluding hydrogens is 361 g/mol. The number of halogens is 3. The van der Waals surface area contributed by atoms with Crippen molar-refractivity contribution in [2.45, 2.75) is 19.0 Å². The molecule has 0 atom stereocenters. The summed E-state index contributed by atoms with van der Waals surface area (Å²) in [5.74, 6) is -0.443. The predicted molar refractivity (Wildman–Crippen MR) is 91.1 cm³/mol. The van der Waals surface area contributed by atoms with Crippen LogP contribution in [0, 0.1) is 5.92 Å². The second kappa shape index (κ2) is 7.85. The van der Waals surface area contributed by atoms with E-state index in [-0.39, 0.29) is 17.4 Å². The highest BCUT2D eigenvalue weighted by Crippen LogP contribution is 2.29. The van der Waals surface area contributed by atoms with Crippen molar-refractivity contribution >= 4 is 11.8 Å². The Morgan fingerprint density at radius 2 is 1.89 bits per heavy atom. The van der Waals surface area contributed by atoms with Gasteiger partial charge in [-0.05, 0) is 43.0 Å². The number of benzene rings is 1. The molecular formula is C19H19F3N2O3. The first-order valence-corrected chi connectivity index (χ1v) is 8.61. The average molecular weight is 380 g/mol. The van der Waals surface area contributed by atoms with Gasteiger partial charge in [0, 0.05) is 25.2 Å². The third-order valence-corrected chi connectivity index (χ3v) is 4.67. The quantitative estimate of drug-likeness (QED) is 0.882. The number of likely N-dealkylation sites (tertiary alicyclic amines) is 1. The van der Waals surface area contributed by atoms with Gasteiger partial charge in [0.25, 0.3) is 11.8 Å². The minimum atomic E-state index is -4.48. The molecule has 2 heterocycles. The lowest BCUT2D eigenvalue weighted by atomic mass is 9.96. The van der Waals surface area contributed by atoms with Crippen LogP contribution in [0.1, 0.15) is 39.1 Å². The first kappa shape index (κ1) is 19.0. The van der Waals surface area contributed by atoms with Crippen molar-refractivity contribution in [1.29, 1.82) is 0 Å². The number of hydrogen-bond acceptors (Lipinski definition) is 3. The van der Waals surface area contributed by atoms with Gasteiger partial charge in [0.05, 0.1) is 17.4 Å². The van der Waals surface area contributed by atoms with Crippen LogP contribution in [0.2, 0.25) is 0 Å². The summed E-state index contributed by atoms with van der Waals surface area (Å²) >= 11 is 0. The Hall–Kier alpha value is -2.77. The number of rotatable bonds is 4. The van der Waals surface area contributed by atoms with Crippen LogP contribution in [0.25, 0.3) is 0 Å². The molecule has 0 spiro atoms. The standard InChI is InChI=1S/C19H19F3N2O3/c20-19(21,22)16-3-1-2-14(10-16)17(25)23-11-13-4-7-24(8-5-13)18(26)15-6-9-27-12-15/h1-3,6,9-10,12-13H,4-5,7-8,11H2,(H,23,25). The molecule has 1 fully saturated rings. The lowest BCUT2D eigenvalue weighted by Gasteiger charge is -2.31. The van der Waals surface area contributed by atoms with Gasteiger partial charge in [0.2, 0.25) is 0 Å². The molecule has 3 rings (SSSR count). The van der Waals surface area contributed by atoms with Crippen LogP contribution in [-0.4, -0.2) is 36.3 Å². The van der Waals surface area contributed by atoms with Crippen molar-refractivity contribution in [3.63, 3.8) is 0 Å². The van der Waals surface area contributed by atoms with Gasteiger partial charge in [-0.1, -0.05) is 6.07 Å². The zero-order valence-corrected chi connectivity index (χ0v) is 14.5. The van der Waals surface area contributed by atoms with E-state index >= 15 is 0 Å². The number of piperidine rings is 1. The van der Waals surface area contributed by atoms with E-state index in [0.29, 0.717) is 38.0 Å². The van der Waals surface area contributed by atoms with Gasteiger partial charge in [0.15, 0.2) is 0 Å². The Bertz CT molecular complexity index is 795. The van der Waals surface area contributed by atoms with E-state index in [0.717, 1.165) is 12.1 Å². The van der Waals surface area contributed by atoms with Crippen LogP contribution in [0.3, 0.4) is 0 Å². The molecule has 27 heavy (non-hydrogen) atoms. The molecule has 2 aromatic rings. The van der Waals surface area contributed by atoms with Crippen LogP contribution in [0.15, 0.2) is 47.3 Å². The van der Waals surface area contributed by atoms with Gasteiger partial charge < -0.3 is 14.6 Å². The van der Waals surface area contributed by atoms with Crippen molar-refractivity contribution in [3.05, 3.63) is 59.5 Å². The van der Waals surface area contributed by atoms with E-state index in [2.05, 4.69) is 5.32 Å². The fraction of sp³-hybridized carbons (Fsp3) is 0.368. The second-order valence-corrected chi connectivity index (χ2v) is 6.54. The van der Waals surface area contributed by atoms with Gasteiger partial charge in [-0.15, -0.1) is 0 Å². The number of nitrogens with one attached hydrogen (secondary N) is 1. The Labute approximate surface area is 154 Å². The minimum Gasteiger partial charge on any atom is -0.472 e. The lowest BCUT2D eigenvalue weighted by Crippen LogP contribution is -2.41. The molecule has 1 aromatic carbocycles. The summed E-state index contributed by atoms with van der Waals surface area (Å²) in [6.07, 6.45) is -0.198. The molecule has 1 aromatic heterocycles. The van der Waals surface area contributed by atoms with Crippen LogP contribution in [0.4, 0.5) is 13.2 Å². The predicted octanol–water partition coefficient (Wildman–Crippen LogP) is 3.58. The van der Waals surface area contributed by atoms with Crippen molar-refractivity contribution in [2.75, 3.05) is 19.6 Å². The van der Waals surface area contributed by atoms with Crippen molar-refractivity contribution in [2.24, 2.45) is 5.92 Å². The third kappa shape index (κ3) is 4.69. The Balaban J connectivity index is 1.49. The number of hydrogen-bond donors (Lipinski definition) is 1. The van der Waals surface area contributed by atoms with Crippen LogP contribution in [0.5, 0.6) is 0 Å². The van der Waals surface area contributed by atoms with E-state index in [9.17, 15) is 22.8 Å². The first-order chi connectivity index (χ1) is 12.8. The second-order valence-electron chi connectivity index (χ2n) is 6.54. The molecule has 1 N–H and O–H groups in total. The first-order valence-electron chi connectivity index (χ1n) is 8.61. The molecule has 1 saturated heterocycles. The highest BCUT2D eigenvalue weighted by atomic mass is 19.4. The molecule has 0 saturated carbocycles. The molecule has 2 amide bonds. The van der Waals surface area contributed by atoms with E-state index in [1.807, 2.05) is 0 Å². The van der Waals surface area contributed by atoms with E-state index in [1.165, 1.54) is 24.7 Å². The summed E-state index contributed by atoms with van der Waals surface area (Å²) in [4.78, 5) is 26.1. The summed E-state index contributed by atoms with van der Waals surface area (Å²) in [5.41, 5.74) is -0.357. The summed E-state index contributed by atoms with van der Waals surface area (Å²) in [5, 5.41) is 2.69. The molecule has 144 valence electrons. The van der Waals surface area contributed by atoms with Crippen LogP contribution < -0.4 is 5.32 Å². The van der Waals surface area contributed by atoms with Gasteiger partial charge >= 0.3 is 6.18 Å². The molecule has 8 heteroatoms. The van der Waals surface area contributed by atoms with Crippen LogP contribution >= 0.6 is 0 Å². The highest BCUT2D eigenvalue weighted by Gasteiger charge is 2.31. The Morgan fingerprint density at radius 1 is 1.15 bits per heavy atom. The zero-order valence-electron chi connectivity index (χ0n) is 14.5. The van der Waals surface area contributed by atoms with Gasteiger partial charge in [0.1, 0.15) is 6.26 Å².